The van der Waals surface area contributed by atoms with Crippen LogP contribution in [0.15, 0.2) is 18.2 Å². The maximum atomic E-state index is 2.35. The largest absolute Gasteiger partial charge is 0.0654 e. The van der Waals surface area contributed by atoms with Gasteiger partial charge in [-0.3, -0.25) is 0 Å². The predicted octanol–water partition coefficient (Wildman–Crippen LogP) is 4.28. The second-order valence-electron chi connectivity index (χ2n) is 4.59. The molecule has 78 valence electrons. The van der Waals surface area contributed by atoms with Gasteiger partial charge in [0, 0.05) is 0 Å². The summed E-state index contributed by atoms with van der Waals surface area (Å²) in [6.45, 7) is 8.97. The first-order valence-corrected chi connectivity index (χ1v) is 5.69. The van der Waals surface area contributed by atoms with Gasteiger partial charge >= 0.3 is 0 Å². The maximum Gasteiger partial charge on any atom is -0.0253 e. The van der Waals surface area contributed by atoms with E-state index in [0.29, 0.717) is 0 Å². The third-order valence-corrected chi connectivity index (χ3v) is 2.65. The molecule has 0 aromatic heterocycles. The van der Waals surface area contributed by atoms with Gasteiger partial charge < -0.3 is 0 Å². The van der Waals surface area contributed by atoms with E-state index in [9.17, 15) is 0 Å². The Balaban J connectivity index is 2.66. The number of hydrogen-bond donors (Lipinski definition) is 0. The Morgan fingerprint density at radius 2 is 1.64 bits per heavy atom. The molecule has 1 rings (SSSR count). The van der Waals surface area contributed by atoms with Crippen molar-refractivity contribution in [2.24, 2.45) is 5.92 Å². The molecule has 0 saturated heterocycles. The van der Waals surface area contributed by atoms with Gasteiger partial charge in [-0.05, 0) is 31.7 Å². The number of aryl methyl sites for hydroxylation is 2. The Kier molecular flexibility index (Phi) is 4.19. The first kappa shape index (κ1) is 11.3. The lowest BCUT2D eigenvalue weighted by Crippen LogP contribution is -1.99. The second kappa shape index (κ2) is 5.19. The summed E-state index contributed by atoms with van der Waals surface area (Å²) in [5.41, 5.74) is 4.29. The topological polar surface area (TPSA) is 0 Å². The molecule has 0 aliphatic carbocycles. The van der Waals surface area contributed by atoms with Crippen LogP contribution in [0.1, 0.15) is 43.4 Å². The van der Waals surface area contributed by atoms with Crippen LogP contribution in [0.3, 0.4) is 0 Å². The van der Waals surface area contributed by atoms with Gasteiger partial charge in [-0.2, -0.15) is 0 Å². The molecule has 0 aliphatic heterocycles. The fraction of sp³-hybridized carbons (Fsp3) is 0.571. The van der Waals surface area contributed by atoms with Crippen molar-refractivity contribution in [3.63, 3.8) is 0 Å². The van der Waals surface area contributed by atoms with Crippen molar-refractivity contribution in [2.75, 3.05) is 0 Å². The van der Waals surface area contributed by atoms with E-state index < -0.39 is 0 Å². The molecule has 0 radical (unpaired) electrons. The summed E-state index contributed by atoms with van der Waals surface area (Å²) >= 11 is 0. The molecule has 0 nitrogen and oxygen atoms in total. The SMILES string of the molecule is CCCC(C)Cc1cc(C)cc(C)c1. The van der Waals surface area contributed by atoms with Crippen LogP contribution in [0.4, 0.5) is 0 Å². The standard InChI is InChI=1S/C14H22/c1-5-6-11(2)8-14-9-12(3)7-13(4)10-14/h7,9-11H,5-6,8H2,1-4H3. The fourth-order valence-electron chi connectivity index (χ4n) is 2.18. The zero-order valence-electron chi connectivity index (χ0n) is 9.93. The summed E-state index contributed by atoms with van der Waals surface area (Å²) in [7, 11) is 0. The Morgan fingerprint density at radius 1 is 1.07 bits per heavy atom. The van der Waals surface area contributed by atoms with Crippen LogP contribution in [0.25, 0.3) is 0 Å². The fourth-order valence-corrected chi connectivity index (χ4v) is 2.18. The molecule has 0 heterocycles. The molecule has 14 heavy (non-hydrogen) atoms. The van der Waals surface area contributed by atoms with Gasteiger partial charge in [0.2, 0.25) is 0 Å². The minimum absolute atomic E-state index is 0.821. The van der Waals surface area contributed by atoms with Crippen molar-refractivity contribution in [3.8, 4) is 0 Å². The highest BCUT2D eigenvalue weighted by Crippen LogP contribution is 2.16. The van der Waals surface area contributed by atoms with Crippen LogP contribution in [0.2, 0.25) is 0 Å². The van der Waals surface area contributed by atoms with Gasteiger partial charge in [0.1, 0.15) is 0 Å². The summed E-state index contributed by atoms with van der Waals surface area (Å²) in [5.74, 6) is 0.821. The summed E-state index contributed by atoms with van der Waals surface area (Å²) < 4.78 is 0. The lowest BCUT2D eigenvalue weighted by atomic mass is 9.95. The average molecular weight is 190 g/mol. The smallest absolute Gasteiger partial charge is 0.0253 e. The third-order valence-electron chi connectivity index (χ3n) is 2.65. The number of rotatable bonds is 4. The average Bonchev–Trinajstić information content (AvgIpc) is 2.01. The molecule has 0 aliphatic rings. The molecule has 0 saturated carbocycles. The molecule has 1 aromatic rings. The molecular weight excluding hydrogens is 168 g/mol. The lowest BCUT2D eigenvalue weighted by molar-refractivity contribution is 0.522. The molecular formula is C14H22. The summed E-state index contributed by atoms with van der Waals surface area (Å²) in [5, 5.41) is 0. The van der Waals surface area contributed by atoms with Gasteiger partial charge in [-0.25, -0.2) is 0 Å². The molecule has 0 amide bonds. The molecule has 0 bridgehead atoms. The van der Waals surface area contributed by atoms with Crippen molar-refractivity contribution < 1.29 is 0 Å². The maximum absolute atomic E-state index is 2.35. The Bertz CT molecular complexity index is 266. The van der Waals surface area contributed by atoms with E-state index in [4.69, 9.17) is 0 Å². The minimum atomic E-state index is 0.821. The third kappa shape index (κ3) is 3.53. The lowest BCUT2D eigenvalue weighted by Gasteiger charge is -2.11. The van der Waals surface area contributed by atoms with Crippen molar-refractivity contribution in [1.82, 2.24) is 0 Å². The number of hydrogen-bond acceptors (Lipinski definition) is 0. The summed E-state index contributed by atoms with van der Waals surface area (Å²) in [4.78, 5) is 0. The predicted molar refractivity (Wildman–Crippen MR) is 63.7 cm³/mol. The van der Waals surface area contributed by atoms with E-state index in [1.165, 1.54) is 36.0 Å². The van der Waals surface area contributed by atoms with Crippen molar-refractivity contribution in [1.29, 1.82) is 0 Å². The number of benzene rings is 1. The highest BCUT2D eigenvalue weighted by atomic mass is 14.1. The van der Waals surface area contributed by atoms with Gasteiger partial charge in [-0.1, -0.05) is 56.0 Å². The first-order valence-electron chi connectivity index (χ1n) is 5.69. The summed E-state index contributed by atoms with van der Waals surface area (Å²) in [6, 6.07) is 6.88. The van der Waals surface area contributed by atoms with Gasteiger partial charge in [0.25, 0.3) is 0 Å². The van der Waals surface area contributed by atoms with E-state index in [1.807, 2.05) is 0 Å². The zero-order valence-corrected chi connectivity index (χ0v) is 9.93. The van der Waals surface area contributed by atoms with E-state index in [-0.39, 0.29) is 0 Å². The van der Waals surface area contributed by atoms with Crippen LogP contribution in [0.5, 0.6) is 0 Å². The zero-order chi connectivity index (χ0) is 10.6. The molecule has 0 spiro atoms. The minimum Gasteiger partial charge on any atom is -0.0654 e. The van der Waals surface area contributed by atoms with Crippen LogP contribution in [-0.4, -0.2) is 0 Å². The Labute approximate surface area is 88.4 Å². The van der Waals surface area contributed by atoms with E-state index in [0.717, 1.165) is 5.92 Å². The molecule has 1 atom stereocenters. The first-order chi connectivity index (χ1) is 6.61. The molecule has 0 N–H and O–H groups in total. The molecule has 0 fully saturated rings. The van der Waals surface area contributed by atoms with Gasteiger partial charge in [0.15, 0.2) is 0 Å². The monoisotopic (exact) mass is 190 g/mol. The quantitative estimate of drug-likeness (QED) is 0.664. The van der Waals surface area contributed by atoms with Crippen molar-refractivity contribution in [2.45, 2.75) is 47.0 Å². The molecule has 1 aromatic carbocycles. The Morgan fingerprint density at radius 3 is 2.14 bits per heavy atom. The van der Waals surface area contributed by atoms with E-state index >= 15 is 0 Å². The highest BCUT2D eigenvalue weighted by Gasteiger charge is 2.03. The van der Waals surface area contributed by atoms with Crippen LogP contribution in [-0.2, 0) is 6.42 Å². The van der Waals surface area contributed by atoms with Crippen LogP contribution in [0, 0.1) is 19.8 Å². The van der Waals surface area contributed by atoms with Crippen LogP contribution >= 0.6 is 0 Å². The summed E-state index contributed by atoms with van der Waals surface area (Å²) in [6.07, 6.45) is 3.87. The second-order valence-corrected chi connectivity index (χ2v) is 4.59. The van der Waals surface area contributed by atoms with Gasteiger partial charge in [0.05, 0.1) is 0 Å². The van der Waals surface area contributed by atoms with Crippen molar-refractivity contribution in [3.05, 3.63) is 34.9 Å². The highest BCUT2D eigenvalue weighted by molar-refractivity contribution is 5.28. The molecule has 1 unspecified atom stereocenters. The van der Waals surface area contributed by atoms with Gasteiger partial charge in [-0.15, -0.1) is 0 Å². The van der Waals surface area contributed by atoms with E-state index in [2.05, 4.69) is 45.9 Å². The van der Waals surface area contributed by atoms with Crippen molar-refractivity contribution >= 4 is 0 Å². The normalized spacial score (nSPS) is 12.9. The van der Waals surface area contributed by atoms with Crippen LogP contribution < -0.4 is 0 Å². The van der Waals surface area contributed by atoms with E-state index in [1.54, 1.807) is 0 Å². The Hall–Kier alpha value is -0.780. The molecule has 0 heteroatoms.